The van der Waals surface area contributed by atoms with Crippen molar-refractivity contribution in [2.45, 2.75) is 0 Å². The zero-order valence-electron chi connectivity index (χ0n) is 11.0. The maximum absolute atomic E-state index is 13.0. The van der Waals surface area contributed by atoms with Crippen LogP contribution in [0, 0.1) is 5.82 Å². The first-order valence-corrected chi connectivity index (χ1v) is 6.35. The van der Waals surface area contributed by atoms with Crippen molar-refractivity contribution in [1.82, 2.24) is 9.55 Å². The van der Waals surface area contributed by atoms with Gasteiger partial charge in [0.25, 0.3) is 0 Å². The van der Waals surface area contributed by atoms with Gasteiger partial charge in [0.15, 0.2) is 5.78 Å². The minimum absolute atomic E-state index is 0.196. The van der Waals surface area contributed by atoms with Crippen molar-refractivity contribution in [3.8, 4) is 5.69 Å². The van der Waals surface area contributed by atoms with Crippen LogP contribution in [0.1, 0.15) is 15.9 Å². The van der Waals surface area contributed by atoms with Crippen molar-refractivity contribution < 1.29 is 9.18 Å². The van der Waals surface area contributed by atoms with Crippen LogP contribution in [0.25, 0.3) is 5.69 Å². The van der Waals surface area contributed by atoms with Gasteiger partial charge in [-0.05, 0) is 36.4 Å². The fraction of sp³-hybridized carbons (Fsp3) is 0. The highest BCUT2D eigenvalue weighted by Crippen LogP contribution is 2.20. The molecule has 0 fully saturated rings. The molecule has 5 heteroatoms. The lowest BCUT2D eigenvalue weighted by molar-refractivity contribution is 0.103. The zero-order valence-corrected chi connectivity index (χ0v) is 11.0. The Hall–Kier alpha value is -2.95. The van der Waals surface area contributed by atoms with Crippen LogP contribution in [0.5, 0.6) is 0 Å². The molecule has 1 heterocycles. The second-order valence-corrected chi connectivity index (χ2v) is 4.51. The molecule has 21 heavy (non-hydrogen) atoms. The van der Waals surface area contributed by atoms with Crippen LogP contribution in [0.2, 0.25) is 0 Å². The van der Waals surface area contributed by atoms with Crippen molar-refractivity contribution in [1.29, 1.82) is 0 Å². The molecule has 0 amide bonds. The lowest BCUT2D eigenvalue weighted by atomic mass is 10.0. The first-order chi connectivity index (χ1) is 10.2. The first-order valence-electron chi connectivity index (χ1n) is 6.35. The smallest absolute Gasteiger partial charge is 0.204 e. The molecule has 2 aromatic carbocycles. The molecule has 1 aromatic heterocycles. The van der Waals surface area contributed by atoms with Crippen LogP contribution in [0.3, 0.4) is 0 Å². The highest BCUT2D eigenvalue weighted by atomic mass is 19.1. The van der Waals surface area contributed by atoms with Gasteiger partial charge in [-0.15, -0.1) is 0 Å². The Morgan fingerprint density at radius 1 is 1.10 bits per heavy atom. The number of anilines is 1. The summed E-state index contributed by atoms with van der Waals surface area (Å²) >= 11 is 0. The molecule has 2 N–H and O–H groups in total. The van der Waals surface area contributed by atoms with Crippen LogP contribution >= 0.6 is 0 Å². The number of nitrogens with zero attached hydrogens (tertiary/aromatic N) is 2. The summed E-state index contributed by atoms with van der Waals surface area (Å²) in [5.41, 5.74) is 7.33. The van der Waals surface area contributed by atoms with Crippen molar-refractivity contribution in [2.24, 2.45) is 0 Å². The summed E-state index contributed by atoms with van der Waals surface area (Å²) in [6.07, 6.45) is 3.25. The number of hydrogen-bond acceptors (Lipinski definition) is 3. The number of imidazole rings is 1. The second kappa shape index (κ2) is 5.20. The average Bonchev–Trinajstić information content (AvgIpc) is 2.93. The molecule has 0 aliphatic carbocycles. The lowest BCUT2D eigenvalue weighted by Crippen LogP contribution is -2.09. The highest BCUT2D eigenvalue weighted by Gasteiger charge is 2.15. The van der Waals surface area contributed by atoms with E-state index in [-0.39, 0.29) is 11.6 Å². The molecule has 104 valence electrons. The molecule has 0 spiro atoms. The van der Waals surface area contributed by atoms with Crippen molar-refractivity contribution in [3.05, 3.63) is 77.9 Å². The number of aromatic nitrogens is 2. The van der Waals surface area contributed by atoms with Gasteiger partial charge in [0.05, 0.1) is 5.69 Å². The van der Waals surface area contributed by atoms with E-state index >= 15 is 0 Å². The van der Waals surface area contributed by atoms with Crippen LogP contribution in [0.15, 0.2) is 60.9 Å². The molecular weight excluding hydrogens is 269 g/mol. The number of nitrogens with two attached hydrogens (primary N) is 1. The number of para-hydroxylation sites is 1. The van der Waals surface area contributed by atoms with Gasteiger partial charge in [0.1, 0.15) is 5.82 Å². The van der Waals surface area contributed by atoms with E-state index in [0.29, 0.717) is 22.8 Å². The van der Waals surface area contributed by atoms with E-state index in [1.807, 2.05) is 6.07 Å². The normalized spacial score (nSPS) is 10.5. The number of halogens is 1. The Morgan fingerprint density at radius 3 is 2.48 bits per heavy atom. The van der Waals surface area contributed by atoms with E-state index < -0.39 is 0 Å². The SMILES string of the molecule is Nc1nccn1-c1ccccc1C(=O)c1ccc(F)cc1. The quantitative estimate of drug-likeness (QED) is 0.751. The number of carbonyl (C=O) groups is 1. The topological polar surface area (TPSA) is 60.9 Å². The van der Waals surface area contributed by atoms with Gasteiger partial charge in [-0.1, -0.05) is 12.1 Å². The minimum atomic E-state index is -0.376. The standard InChI is InChI=1S/C16H12FN3O/c17-12-7-5-11(6-8-12)15(21)13-3-1-2-4-14(13)20-10-9-19-16(20)18/h1-10H,(H2,18,19). The van der Waals surface area contributed by atoms with Crippen molar-refractivity contribution in [2.75, 3.05) is 5.73 Å². The van der Waals surface area contributed by atoms with E-state index in [2.05, 4.69) is 4.98 Å². The van der Waals surface area contributed by atoms with Crippen molar-refractivity contribution in [3.63, 3.8) is 0 Å². The number of rotatable bonds is 3. The van der Waals surface area contributed by atoms with Gasteiger partial charge in [-0.25, -0.2) is 9.37 Å². The van der Waals surface area contributed by atoms with Crippen LogP contribution in [-0.4, -0.2) is 15.3 Å². The fourth-order valence-corrected chi connectivity index (χ4v) is 2.15. The number of hydrogen-bond donors (Lipinski definition) is 1. The molecule has 4 nitrogen and oxygen atoms in total. The van der Waals surface area contributed by atoms with Gasteiger partial charge in [-0.3, -0.25) is 9.36 Å². The first kappa shape index (κ1) is 13.1. The van der Waals surface area contributed by atoms with Gasteiger partial charge in [0, 0.05) is 23.5 Å². The predicted octanol–water partition coefficient (Wildman–Crippen LogP) is 2.82. The largest absolute Gasteiger partial charge is 0.369 e. The highest BCUT2D eigenvalue weighted by molar-refractivity contribution is 6.11. The molecule has 0 saturated carbocycles. The Balaban J connectivity index is 2.09. The fourth-order valence-electron chi connectivity index (χ4n) is 2.15. The molecule has 0 atom stereocenters. The van der Waals surface area contributed by atoms with Crippen LogP contribution in [0.4, 0.5) is 10.3 Å². The summed E-state index contributed by atoms with van der Waals surface area (Å²) in [7, 11) is 0. The maximum Gasteiger partial charge on any atom is 0.204 e. The van der Waals surface area contributed by atoms with Crippen LogP contribution in [-0.2, 0) is 0 Å². The van der Waals surface area contributed by atoms with E-state index in [0.717, 1.165) is 0 Å². The number of carbonyl (C=O) groups excluding carboxylic acids is 1. The number of ketones is 1. The van der Waals surface area contributed by atoms with E-state index in [1.165, 1.54) is 24.3 Å². The van der Waals surface area contributed by atoms with E-state index in [1.54, 1.807) is 35.2 Å². The van der Waals surface area contributed by atoms with Gasteiger partial charge in [0.2, 0.25) is 5.95 Å². The van der Waals surface area contributed by atoms with Crippen molar-refractivity contribution >= 4 is 11.7 Å². The summed E-state index contributed by atoms with van der Waals surface area (Å²) in [5.74, 6) is -0.272. The predicted molar refractivity (Wildman–Crippen MR) is 77.8 cm³/mol. The summed E-state index contributed by atoms with van der Waals surface area (Å²) in [6, 6.07) is 12.5. The lowest BCUT2D eigenvalue weighted by Gasteiger charge is -2.10. The average molecular weight is 281 g/mol. The summed E-state index contributed by atoms with van der Waals surface area (Å²) in [6.45, 7) is 0. The van der Waals surface area contributed by atoms with Gasteiger partial charge < -0.3 is 5.73 Å². The Bertz CT molecular complexity index is 793. The maximum atomic E-state index is 13.0. The number of benzene rings is 2. The van der Waals surface area contributed by atoms with E-state index in [9.17, 15) is 9.18 Å². The van der Waals surface area contributed by atoms with Gasteiger partial charge >= 0.3 is 0 Å². The monoisotopic (exact) mass is 281 g/mol. The summed E-state index contributed by atoms with van der Waals surface area (Å²) in [4.78, 5) is 16.5. The second-order valence-electron chi connectivity index (χ2n) is 4.51. The molecule has 0 radical (unpaired) electrons. The molecule has 0 saturated heterocycles. The number of nitrogen functional groups attached to an aromatic ring is 1. The Morgan fingerprint density at radius 2 is 1.81 bits per heavy atom. The Kier molecular flexibility index (Phi) is 3.23. The molecule has 0 bridgehead atoms. The molecule has 3 aromatic rings. The zero-order chi connectivity index (χ0) is 14.8. The minimum Gasteiger partial charge on any atom is -0.369 e. The molecule has 0 aliphatic rings. The summed E-state index contributed by atoms with van der Waals surface area (Å²) < 4.78 is 14.6. The van der Waals surface area contributed by atoms with E-state index in [4.69, 9.17) is 5.73 Å². The Labute approximate surface area is 120 Å². The van der Waals surface area contributed by atoms with Crippen LogP contribution < -0.4 is 5.73 Å². The molecule has 3 rings (SSSR count). The third kappa shape index (κ3) is 2.41. The third-order valence-corrected chi connectivity index (χ3v) is 3.18. The molecule has 0 aliphatic heterocycles. The van der Waals surface area contributed by atoms with Gasteiger partial charge in [-0.2, -0.15) is 0 Å². The molecular formula is C16H12FN3O. The molecule has 0 unspecified atom stereocenters. The third-order valence-electron chi connectivity index (χ3n) is 3.18. The summed E-state index contributed by atoms with van der Waals surface area (Å²) in [5, 5.41) is 0.